The molecule has 4 nitrogen and oxygen atoms in total. The zero-order chi connectivity index (χ0) is 14.8. The zero-order valence-corrected chi connectivity index (χ0v) is 16.7. The molecular weight excluding hydrogens is 432 g/mol. The number of benzene rings is 1. The fourth-order valence-electron chi connectivity index (χ4n) is 3.18. The Labute approximate surface area is 163 Å². The van der Waals surface area contributed by atoms with Gasteiger partial charge >= 0.3 is 0 Å². The Hall–Kier alpha value is -1.40. The smallest absolute Gasteiger partial charge is 0.244 e. The highest BCUT2D eigenvalue weighted by Crippen LogP contribution is 2.09. The second-order valence-corrected chi connectivity index (χ2v) is 6.12. The van der Waals surface area contributed by atoms with Crippen molar-refractivity contribution in [1.82, 2.24) is 9.13 Å². The number of halogens is 2. The number of imidazole rings is 2. The molecule has 3 heterocycles. The molecule has 0 fully saturated rings. The van der Waals surface area contributed by atoms with E-state index >= 15 is 0 Å². The lowest BCUT2D eigenvalue weighted by molar-refractivity contribution is -0.693. The van der Waals surface area contributed by atoms with Crippen molar-refractivity contribution in [2.75, 3.05) is 0 Å². The van der Waals surface area contributed by atoms with E-state index in [1.165, 1.54) is 24.0 Å². The van der Waals surface area contributed by atoms with Crippen LogP contribution in [0.5, 0.6) is 0 Å². The van der Waals surface area contributed by atoms with Gasteiger partial charge in [0, 0.05) is 11.1 Å². The molecule has 0 aliphatic carbocycles. The molecule has 4 rings (SSSR count). The third-order valence-corrected chi connectivity index (χ3v) is 4.40. The van der Waals surface area contributed by atoms with Crippen molar-refractivity contribution in [3.05, 3.63) is 72.8 Å². The van der Waals surface area contributed by atoms with E-state index < -0.39 is 0 Å². The van der Waals surface area contributed by atoms with Crippen LogP contribution in [0.2, 0.25) is 0 Å². The van der Waals surface area contributed by atoms with E-state index in [0.29, 0.717) is 0 Å². The molecule has 6 heteroatoms. The third-order valence-electron chi connectivity index (χ3n) is 4.40. The number of fused-ring (bicyclic) bond motifs is 5. The number of nitrogens with zero attached hydrogens (tertiary/aromatic N) is 4. The SMILES string of the molecule is [Br-].[Br-].c1ccc2c(c1)C[n+]1ccn(c1)CCCCn1cc[n+](c1)C2. The molecule has 0 saturated carbocycles. The first-order valence-electron chi connectivity index (χ1n) is 8.03. The van der Waals surface area contributed by atoms with Crippen LogP contribution in [0.15, 0.2) is 61.7 Å². The van der Waals surface area contributed by atoms with Crippen molar-refractivity contribution in [3.63, 3.8) is 0 Å². The zero-order valence-electron chi connectivity index (χ0n) is 13.6. The van der Waals surface area contributed by atoms with Gasteiger partial charge < -0.3 is 34.0 Å². The predicted octanol–water partition coefficient (Wildman–Crippen LogP) is -4.24. The van der Waals surface area contributed by atoms with E-state index in [-0.39, 0.29) is 34.0 Å². The molecule has 3 aromatic rings. The molecule has 0 saturated heterocycles. The van der Waals surface area contributed by atoms with E-state index in [4.69, 9.17) is 0 Å². The number of hydrogen-bond acceptors (Lipinski definition) is 0. The average molecular weight is 454 g/mol. The summed E-state index contributed by atoms with van der Waals surface area (Å²) in [6.45, 7) is 4.06. The molecule has 1 aromatic carbocycles. The summed E-state index contributed by atoms with van der Waals surface area (Å²) >= 11 is 0. The molecule has 0 radical (unpaired) electrons. The summed E-state index contributed by atoms with van der Waals surface area (Å²) in [5.74, 6) is 0. The van der Waals surface area contributed by atoms with E-state index in [2.05, 4.69) is 80.0 Å². The van der Waals surface area contributed by atoms with Gasteiger partial charge in [0.15, 0.2) is 0 Å². The van der Waals surface area contributed by atoms with Gasteiger partial charge in [-0.05, 0) is 12.8 Å². The lowest BCUT2D eigenvalue weighted by Gasteiger charge is -2.06. The van der Waals surface area contributed by atoms with E-state index in [1.807, 2.05) is 0 Å². The van der Waals surface area contributed by atoms with Gasteiger partial charge in [0.25, 0.3) is 0 Å². The first kappa shape index (κ1) is 18.9. The maximum Gasteiger partial charge on any atom is 0.244 e. The minimum atomic E-state index is 0. The minimum absolute atomic E-state index is 0. The van der Waals surface area contributed by atoms with Gasteiger partial charge in [0.05, 0.1) is 13.1 Å². The standard InChI is InChI=1S/C18H22N4.2BrH/c1-2-6-18-14-22-12-10-20(16-22)8-4-3-7-19-9-11-21(15-19)13-17(18)5-1;;/h1-2,5-6,9-12,15-16H,3-4,7-8,13-14H2;2*1H/q+2;;/p-2. The summed E-state index contributed by atoms with van der Waals surface area (Å²) in [5, 5.41) is 0. The summed E-state index contributed by atoms with van der Waals surface area (Å²) in [4.78, 5) is 0. The van der Waals surface area contributed by atoms with Crippen molar-refractivity contribution in [3.8, 4) is 0 Å². The first-order valence-corrected chi connectivity index (χ1v) is 8.03. The third kappa shape index (κ3) is 4.36. The largest absolute Gasteiger partial charge is 1.00 e. The quantitative estimate of drug-likeness (QED) is 0.307. The summed E-state index contributed by atoms with van der Waals surface area (Å²) in [6, 6.07) is 8.75. The number of aromatic nitrogens is 4. The van der Waals surface area contributed by atoms with Crippen LogP contribution in [0, 0.1) is 0 Å². The molecule has 0 amide bonds. The Morgan fingerprint density at radius 2 is 1.17 bits per heavy atom. The van der Waals surface area contributed by atoms with Crippen LogP contribution >= 0.6 is 0 Å². The van der Waals surface area contributed by atoms with Crippen LogP contribution in [-0.4, -0.2) is 9.13 Å². The maximum atomic E-state index is 2.30. The second kappa shape index (κ2) is 8.62. The van der Waals surface area contributed by atoms with Gasteiger partial charge in [0.1, 0.15) is 37.9 Å². The van der Waals surface area contributed by atoms with Crippen LogP contribution in [-0.2, 0) is 26.2 Å². The van der Waals surface area contributed by atoms with Crippen molar-refractivity contribution < 1.29 is 43.1 Å². The lowest BCUT2D eigenvalue weighted by atomic mass is 10.1. The highest BCUT2D eigenvalue weighted by Gasteiger charge is 2.12. The molecular formula is C18H22Br2N4. The number of hydrogen-bond donors (Lipinski definition) is 0. The van der Waals surface area contributed by atoms with Crippen molar-refractivity contribution in [2.24, 2.45) is 0 Å². The Kier molecular flexibility index (Phi) is 6.80. The minimum Gasteiger partial charge on any atom is -1.00 e. The summed E-state index contributed by atoms with van der Waals surface area (Å²) in [6.07, 6.45) is 15.6. The lowest BCUT2D eigenvalue weighted by Crippen LogP contribution is -3.00. The molecule has 1 aliphatic rings. The molecule has 0 unspecified atom stereocenters. The van der Waals surface area contributed by atoms with E-state index in [0.717, 1.165) is 26.2 Å². The monoisotopic (exact) mass is 452 g/mol. The summed E-state index contributed by atoms with van der Waals surface area (Å²) in [5.41, 5.74) is 2.78. The molecule has 0 atom stereocenters. The second-order valence-electron chi connectivity index (χ2n) is 6.12. The summed E-state index contributed by atoms with van der Waals surface area (Å²) in [7, 11) is 0. The summed E-state index contributed by atoms with van der Waals surface area (Å²) < 4.78 is 9.15. The van der Waals surface area contributed by atoms with Crippen LogP contribution in [0.25, 0.3) is 0 Å². The molecule has 1 aliphatic heterocycles. The Morgan fingerprint density at radius 3 is 1.62 bits per heavy atom. The van der Waals surface area contributed by atoms with Crippen molar-refractivity contribution in [2.45, 2.75) is 39.0 Å². The molecule has 4 bridgehead atoms. The molecule has 0 N–H and O–H groups in total. The van der Waals surface area contributed by atoms with Crippen molar-refractivity contribution in [1.29, 1.82) is 0 Å². The van der Waals surface area contributed by atoms with Crippen LogP contribution in [0.4, 0.5) is 0 Å². The number of aryl methyl sites for hydroxylation is 2. The van der Waals surface area contributed by atoms with Crippen LogP contribution < -0.4 is 43.1 Å². The number of rotatable bonds is 0. The van der Waals surface area contributed by atoms with Gasteiger partial charge in [-0.2, -0.15) is 0 Å². The van der Waals surface area contributed by atoms with Crippen LogP contribution in [0.3, 0.4) is 0 Å². The highest BCUT2D eigenvalue weighted by atomic mass is 79.9. The van der Waals surface area contributed by atoms with E-state index in [1.54, 1.807) is 0 Å². The Bertz CT molecular complexity index is 713. The highest BCUT2D eigenvalue weighted by molar-refractivity contribution is 5.25. The van der Waals surface area contributed by atoms with Crippen LogP contribution in [0.1, 0.15) is 24.0 Å². The molecule has 0 spiro atoms. The molecule has 24 heavy (non-hydrogen) atoms. The predicted molar refractivity (Wildman–Crippen MR) is 83.1 cm³/mol. The maximum absolute atomic E-state index is 2.30. The fraction of sp³-hybridized carbons (Fsp3) is 0.333. The fourth-order valence-corrected chi connectivity index (χ4v) is 3.18. The van der Waals surface area contributed by atoms with Gasteiger partial charge in [0.2, 0.25) is 12.7 Å². The average Bonchev–Trinajstić information content (AvgIpc) is 3.15. The van der Waals surface area contributed by atoms with Gasteiger partial charge in [-0.1, -0.05) is 24.3 Å². The van der Waals surface area contributed by atoms with E-state index in [9.17, 15) is 0 Å². The molecule has 2 aromatic heterocycles. The van der Waals surface area contributed by atoms with Gasteiger partial charge in [-0.15, -0.1) is 0 Å². The van der Waals surface area contributed by atoms with Crippen molar-refractivity contribution >= 4 is 0 Å². The molecule has 128 valence electrons. The first-order chi connectivity index (χ1) is 10.9. The Balaban J connectivity index is 0.00000104. The van der Waals surface area contributed by atoms with Gasteiger partial charge in [-0.25, -0.2) is 18.3 Å². The Morgan fingerprint density at radius 1 is 0.708 bits per heavy atom. The van der Waals surface area contributed by atoms with Gasteiger partial charge in [-0.3, -0.25) is 0 Å². The topological polar surface area (TPSA) is 17.6 Å². The normalized spacial score (nSPS) is 13.8.